The van der Waals surface area contributed by atoms with Crippen molar-refractivity contribution in [3.8, 4) is 0 Å². The minimum absolute atomic E-state index is 0.0439. The highest BCUT2D eigenvalue weighted by molar-refractivity contribution is 7.17. The first-order chi connectivity index (χ1) is 7.27. The van der Waals surface area contributed by atoms with E-state index in [0.717, 1.165) is 18.7 Å². The van der Waals surface area contributed by atoms with Crippen LogP contribution in [0.25, 0.3) is 10.2 Å². The zero-order valence-corrected chi connectivity index (χ0v) is 9.62. The maximum atomic E-state index is 5.77. The molecule has 0 aromatic carbocycles. The van der Waals surface area contributed by atoms with Gasteiger partial charge in [0, 0.05) is 0 Å². The van der Waals surface area contributed by atoms with Gasteiger partial charge in [-0.1, -0.05) is 0 Å². The molecule has 15 heavy (non-hydrogen) atoms. The summed E-state index contributed by atoms with van der Waals surface area (Å²) >= 11 is 1.74. The minimum atomic E-state index is 0.0439. The molecule has 3 heterocycles. The third-order valence-corrected chi connectivity index (χ3v) is 3.59. The summed E-state index contributed by atoms with van der Waals surface area (Å²) in [5, 5.41) is 6.65. The Kier molecular flexibility index (Phi) is 2.05. The lowest BCUT2D eigenvalue weighted by molar-refractivity contribution is -0.0643. The fourth-order valence-electron chi connectivity index (χ4n) is 2.01. The number of ether oxygens (including phenoxy) is 1. The van der Waals surface area contributed by atoms with E-state index in [9.17, 15) is 0 Å². The van der Waals surface area contributed by atoms with Gasteiger partial charge in [-0.15, -0.1) is 11.3 Å². The number of thiophene rings is 1. The molecule has 2 aromatic heterocycles. The fraction of sp³-hybridized carbons (Fsp3) is 0.500. The summed E-state index contributed by atoms with van der Waals surface area (Å²) in [5.74, 6) is 0. The first kappa shape index (κ1) is 9.33. The largest absolute Gasteiger partial charge is 0.355 e. The summed E-state index contributed by atoms with van der Waals surface area (Å²) in [6.07, 6.45) is 0.0439. The van der Waals surface area contributed by atoms with Crippen molar-refractivity contribution in [3.05, 3.63) is 17.1 Å². The summed E-state index contributed by atoms with van der Waals surface area (Å²) in [6, 6.07) is 2.07. The Balaban J connectivity index is 2.21. The zero-order chi connectivity index (χ0) is 10.4. The highest BCUT2D eigenvalue weighted by Gasteiger charge is 2.27. The lowest BCUT2D eigenvalue weighted by Crippen LogP contribution is -2.31. The van der Waals surface area contributed by atoms with E-state index >= 15 is 0 Å². The molecule has 1 aliphatic rings. The number of hydrogen-bond acceptors (Lipinski definition) is 4. The first-order valence-corrected chi connectivity index (χ1v) is 5.87. The summed E-state index contributed by atoms with van der Waals surface area (Å²) in [4.78, 5) is 2.09. The van der Waals surface area contributed by atoms with E-state index in [2.05, 4.69) is 26.1 Å². The van der Waals surface area contributed by atoms with Crippen molar-refractivity contribution in [2.24, 2.45) is 0 Å². The van der Waals surface area contributed by atoms with Crippen LogP contribution < -0.4 is 0 Å². The van der Waals surface area contributed by atoms with Gasteiger partial charge in [-0.25, -0.2) is 0 Å². The van der Waals surface area contributed by atoms with Gasteiger partial charge in [0.1, 0.15) is 11.2 Å². The molecule has 0 radical (unpaired) electrons. The third-order valence-electron chi connectivity index (χ3n) is 2.67. The number of hydrogen-bond donors (Lipinski definition) is 0. The Labute approximate surface area is 92.1 Å². The van der Waals surface area contributed by atoms with Gasteiger partial charge in [-0.2, -0.15) is 5.10 Å². The molecule has 2 aromatic rings. The van der Waals surface area contributed by atoms with Gasteiger partial charge in [0.2, 0.25) is 0 Å². The molecule has 0 N–H and O–H groups in total. The van der Waals surface area contributed by atoms with Crippen LogP contribution in [0.5, 0.6) is 0 Å². The van der Waals surface area contributed by atoms with Crippen LogP contribution in [0.4, 0.5) is 0 Å². The quantitative estimate of drug-likeness (QED) is 0.737. The molecule has 1 unspecified atom stereocenters. The monoisotopic (exact) mass is 223 g/mol. The molecule has 80 valence electrons. The summed E-state index contributed by atoms with van der Waals surface area (Å²) in [5.41, 5.74) is 2.30. The molecule has 0 saturated carbocycles. The average molecular weight is 223 g/mol. The van der Waals surface area contributed by atoms with Crippen LogP contribution in [0.15, 0.2) is 11.4 Å². The maximum Gasteiger partial charge on any atom is 0.154 e. The van der Waals surface area contributed by atoms with Crippen LogP contribution in [-0.4, -0.2) is 35.4 Å². The summed E-state index contributed by atoms with van der Waals surface area (Å²) < 4.78 is 9.11. The number of aromatic nitrogens is 2. The van der Waals surface area contributed by atoms with Crippen molar-refractivity contribution in [1.29, 1.82) is 0 Å². The Morgan fingerprint density at radius 1 is 1.60 bits per heavy atom. The molecule has 3 rings (SSSR count). The number of nitrogens with zero attached hydrogens (tertiary/aromatic N) is 3. The molecule has 0 bridgehead atoms. The van der Waals surface area contributed by atoms with Crippen LogP contribution >= 0.6 is 11.3 Å². The smallest absolute Gasteiger partial charge is 0.154 e. The summed E-state index contributed by atoms with van der Waals surface area (Å²) in [7, 11) is 4.07. The highest BCUT2D eigenvalue weighted by Crippen LogP contribution is 2.33. The average Bonchev–Trinajstić information content (AvgIpc) is 2.75. The topological polar surface area (TPSA) is 30.3 Å². The predicted molar refractivity (Wildman–Crippen MR) is 60.0 cm³/mol. The molecule has 5 heteroatoms. The minimum Gasteiger partial charge on any atom is -0.355 e. The van der Waals surface area contributed by atoms with Crippen molar-refractivity contribution in [3.63, 3.8) is 0 Å². The van der Waals surface area contributed by atoms with Gasteiger partial charge in [-0.3, -0.25) is 9.58 Å². The first-order valence-electron chi connectivity index (χ1n) is 4.99. The van der Waals surface area contributed by atoms with Gasteiger partial charge in [0.15, 0.2) is 6.23 Å². The second kappa shape index (κ2) is 3.30. The van der Waals surface area contributed by atoms with Crippen LogP contribution in [0.3, 0.4) is 0 Å². The van der Waals surface area contributed by atoms with Crippen LogP contribution in [0, 0.1) is 0 Å². The lowest BCUT2D eigenvalue weighted by Gasteiger charge is -2.29. The molecule has 4 nitrogen and oxygen atoms in total. The maximum absolute atomic E-state index is 5.77. The SMILES string of the molecule is CN(C)C1OCCn2nc3ccsc3c21. The molecule has 0 amide bonds. The Morgan fingerprint density at radius 3 is 3.27 bits per heavy atom. The van der Waals surface area contributed by atoms with Crippen molar-refractivity contribution < 1.29 is 4.74 Å². The Morgan fingerprint density at radius 2 is 2.47 bits per heavy atom. The van der Waals surface area contributed by atoms with E-state index in [0.29, 0.717) is 0 Å². The molecular weight excluding hydrogens is 210 g/mol. The second-order valence-corrected chi connectivity index (χ2v) is 4.85. The van der Waals surface area contributed by atoms with Gasteiger partial charge < -0.3 is 4.74 Å². The van der Waals surface area contributed by atoms with Crippen molar-refractivity contribution in [1.82, 2.24) is 14.7 Å². The van der Waals surface area contributed by atoms with Crippen LogP contribution in [0.1, 0.15) is 11.9 Å². The fourth-order valence-corrected chi connectivity index (χ4v) is 2.90. The van der Waals surface area contributed by atoms with Gasteiger partial charge in [0.25, 0.3) is 0 Å². The van der Waals surface area contributed by atoms with E-state index in [-0.39, 0.29) is 6.23 Å². The molecular formula is C10H13N3OS. The zero-order valence-electron chi connectivity index (χ0n) is 8.80. The van der Waals surface area contributed by atoms with Gasteiger partial charge in [0.05, 0.1) is 17.9 Å². The van der Waals surface area contributed by atoms with Crippen LogP contribution in [0.2, 0.25) is 0 Å². The molecule has 1 atom stereocenters. The van der Waals surface area contributed by atoms with Crippen molar-refractivity contribution in [2.75, 3.05) is 20.7 Å². The third kappa shape index (κ3) is 1.31. The predicted octanol–water partition coefficient (Wildman–Crippen LogP) is 1.69. The normalized spacial score (nSPS) is 21.1. The molecule has 0 spiro atoms. The molecule has 0 saturated heterocycles. The van der Waals surface area contributed by atoms with E-state index in [4.69, 9.17) is 4.74 Å². The highest BCUT2D eigenvalue weighted by atomic mass is 32.1. The van der Waals surface area contributed by atoms with E-state index in [1.54, 1.807) is 11.3 Å². The van der Waals surface area contributed by atoms with E-state index in [1.807, 2.05) is 14.1 Å². The standard InChI is InChI=1S/C10H13N3OS/c1-12(2)10-8-9-7(3-6-15-9)11-13(8)4-5-14-10/h3,6,10H,4-5H2,1-2H3. The molecule has 1 aliphatic heterocycles. The van der Waals surface area contributed by atoms with Gasteiger partial charge in [-0.05, 0) is 25.5 Å². The Hall–Kier alpha value is -0.910. The Bertz CT molecular complexity index is 488. The van der Waals surface area contributed by atoms with E-state index < -0.39 is 0 Å². The molecule has 0 fully saturated rings. The van der Waals surface area contributed by atoms with Crippen molar-refractivity contribution >= 4 is 21.6 Å². The number of fused-ring (bicyclic) bond motifs is 3. The lowest BCUT2D eigenvalue weighted by atomic mass is 10.3. The van der Waals surface area contributed by atoms with Crippen LogP contribution in [-0.2, 0) is 11.3 Å². The molecule has 0 aliphatic carbocycles. The number of rotatable bonds is 1. The summed E-state index contributed by atoms with van der Waals surface area (Å²) in [6.45, 7) is 1.60. The second-order valence-electron chi connectivity index (χ2n) is 3.93. The van der Waals surface area contributed by atoms with Gasteiger partial charge >= 0.3 is 0 Å². The van der Waals surface area contributed by atoms with Crippen molar-refractivity contribution in [2.45, 2.75) is 12.8 Å². The van der Waals surface area contributed by atoms with E-state index in [1.165, 1.54) is 10.4 Å².